The molecule has 0 aliphatic carbocycles. The van der Waals surface area contributed by atoms with Crippen molar-refractivity contribution in [3.63, 3.8) is 0 Å². The van der Waals surface area contributed by atoms with Crippen LogP contribution in [-0.4, -0.2) is 26.7 Å². The van der Waals surface area contributed by atoms with Gasteiger partial charge in [0.1, 0.15) is 0 Å². The van der Waals surface area contributed by atoms with Gasteiger partial charge in [0, 0.05) is 12.4 Å². The smallest absolute Gasteiger partial charge is 0.247 e. The zero-order valence-electron chi connectivity index (χ0n) is 11.0. The van der Waals surface area contributed by atoms with Crippen molar-refractivity contribution in [1.29, 1.82) is 0 Å². The van der Waals surface area contributed by atoms with Gasteiger partial charge in [0.15, 0.2) is 0 Å². The molecule has 2 aromatic rings. The molecule has 19 heavy (non-hydrogen) atoms. The van der Waals surface area contributed by atoms with Gasteiger partial charge in [-0.05, 0) is 31.9 Å². The lowest BCUT2D eigenvalue weighted by Crippen LogP contribution is -2.36. The van der Waals surface area contributed by atoms with Crippen molar-refractivity contribution in [2.24, 2.45) is 0 Å². The molecular weight excluding hydrogens is 242 g/mol. The zero-order chi connectivity index (χ0) is 13.1. The lowest BCUT2D eigenvalue weighted by molar-refractivity contribution is 0.241. The van der Waals surface area contributed by atoms with Gasteiger partial charge in [0.25, 0.3) is 0 Å². The van der Waals surface area contributed by atoms with E-state index in [1.54, 1.807) is 18.5 Å². The number of rotatable bonds is 4. The molecule has 6 nitrogen and oxygen atoms in total. The van der Waals surface area contributed by atoms with Crippen molar-refractivity contribution in [3.05, 3.63) is 24.4 Å². The minimum absolute atomic E-state index is 0.158. The van der Waals surface area contributed by atoms with Gasteiger partial charge >= 0.3 is 0 Å². The Labute approximate surface area is 111 Å². The van der Waals surface area contributed by atoms with Gasteiger partial charge in [-0.15, -0.1) is 0 Å². The van der Waals surface area contributed by atoms with Crippen molar-refractivity contribution in [2.45, 2.75) is 38.1 Å². The second-order valence-corrected chi connectivity index (χ2v) is 4.86. The van der Waals surface area contributed by atoms with Gasteiger partial charge < -0.3 is 9.84 Å². The Balaban J connectivity index is 1.92. The highest BCUT2D eigenvalue weighted by molar-refractivity contribution is 5.40. The van der Waals surface area contributed by atoms with E-state index in [0.717, 1.165) is 32.2 Å². The molecule has 1 aliphatic heterocycles. The number of nitrogens with one attached hydrogen (secondary N) is 1. The molecule has 1 unspecified atom stereocenters. The molecule has 0 saturated carbocycles. The Morgan fingerprint density at radius 1 is 1.32 bits per heavy atom. The number of hydrogen-bond donors (Lipinski definition) is 1. The molecule has 0 radical (unpaired) electrons. The standard InChI is InChI=1S/C13H17N5O/c1-2-5-13(6-3-9-16-13)12-17-11(18-19-12)10-14-7-4-8-15-10/h4,7-8,16H,2-3,5-6,9H2,1H3. The normalized spacial score (nSPS) is 22.8. The third kappa shape index (κ3) is 2.23. The largest absolute Gasteiger partial charge is 0.337 e. The van der Waals surface area contributed by atoms with Gasteiger partial charge in [-0.2, -0.15) is 4.98 Å². The van der Waals surface area contributed by atoms with Crippen molar-refractivity contribution >= 4 is 0 Å². The molecular formula is C13H17N5O. The van der Waals surface area contributed by atoms with Crippen LogP contribution in [0.4, 0.5) is 0 Å². The molecule has 2 aromatic heterocycles. The molecule has 0 amide bonds. The first-order valence-electron chi connectivity index (χ1n) is 6.71. The summed E-state index contributed by atoms with van der Waals surface area (Å²) >= 11 is 0. The van der Waals surface area contributed by atoms with Gasteiger partial charge in [0.2, 0.25) is 17.5 Å². The first-order chi connectivity index (χ1) is 9.34. The fourth-order valence-corrected chi connectivity index (χ4v) is 2.66. The lowest BCUT2D eigenvalue weighted by atomic mass is 9.92. The summed E-state index contributed by atoms with van der Waals surface area (Å²) in [5.74, 6) is 1.62. The summed E-state index contributed by atoms with van der Waals surface area (Å²) in [6, 6.07) is 1.77. The van der Waals surface area contributed by atoms with Crippen LogP contribution in [0.5, 0.6) is 0 Å². The van der Waals surface area contributed by atoms with Gasteiger partial charge in [-0.3, -0.25) is 0 Å². The first-order valence-corrected chi connectivity index (χ1v) is 6.71. The molecule has 0 bridgehead atoms. The highest BCUT2D eigenvalue weighted by Gasteiger charge is 2.39. The van der Waals surface area contributed by atoms with Crippen LogP contribution in [0.2, 0.25) is 0 Å². The summed E-state index contributed by atoms with van der Waals surface area (Å²) in [6.07, 6.45) is 7.61. The predicted molar refractivity (Wildman–Crippen MR) is 69.1 cm³/mol. The van der Waals surface area contributed by atoms with Crippen molar-refractivity contribution in [1.82, 2.24) is 25.4 Å². The van der Waals surface area contributed by atoms with Gasteiger partial charge in [0.05, 0.1) is 5.54 Å². The monoisotopic (exact) mass is 259 g/mol. The SMILES string of the molecule is CCCC1(c2nc(-c3ncccn3)no2)CCCN1. The summed E-state index contributed by atoms with van der Waals surface area (Å²) in [4.78, 5) is 12.8. The maximum absolute atomic E-state index is 5.46. The molecule has 6 heteroatoms. The molecule has 0 spiro atoms. The second kappa shape index (κ2) is 5.05. The van der Waals surface area contributed by atoms with E-state index in [1.807, 2.05) is 0 Å². The average Bonchev–Trinajstić information content (AvgIpc) is 3.09. The van der Waals surface area contributed by atoms with E-state index in [2.05, 4.69) is 32.3 Å². The first kappa shape index (κ1) is 12.2. The van der Waals surface area contributed by atoms with Crippen molar-refractivity contribution in [2.75, 3.05) is 6.54 Å². The van der Waals surface area contributed by atoms with Crippen LogP contribution in [-0.2, 0) is 5.54 Å². The Bertz CT molecular complexity index is 533. The van der Waals surface area contributed by atoms with Crippen LogP contribution < -0.4 is 5.32 Å². The molecule has 100 valence electrons. The maximum Gasteiger partial charge on any atom is 0.247 e. The van der Waals surface area contributed by atoms with Crippen LogP contribution >= 0.6 is 0 Å². The van der Waals surface area contributed by atoms with Gasteiger partial charge in [-0.25, -0.2) is 9.97 Å². The molecule has 1 N–H and O–H groups in total. The summed E-state index contributed by atoms with van der Waals surface area (Å²) in [5.41, 5.74) is -0.158. The van der Waals surface area contributed by atoms with E-state index in [9.17, 15) is 0 Å². The summed E-state index contributed by atoms with van der Waals surface area (Å²) in [6.45, 7) is 3.17. The fourth-order valence-electron chi connectivity index (χ4n) is 2.66. The number of aromatic nitrogens is 4. The highest BCUT2D eigenvalue weighted by atomic mass is 16.5. The topological polar surface area (TPSA) is 76.7 Å². The van der Waals surface area contributed by atoms with E-state index < -0.39 is 0 Å². The Morgan fingerprint density at radius 3 is 2.84 bits per heavy atom. The van der Waals surface area contributed by atoms with Gasteiger partial charge in [-0.1, -0.05) is 18.5 Å². The fraction of sp³-hybridized carbons (Fsp3) is 0.538. The third-order valence-corrected chi connectivity index (χ3v) is 3.52. The van der Waals surface area contributed by atoms with Crippen LogP contribution in [0.1, 0.15) is 38.5 Å². The quantitative estimate of drug-likeness (QED) is 0.903. The van der Waals surface area contributed by atoms with Crippen molar-refractivity contribution < 1.29 is 4.52 Å². The van der Waals surface area contributed by atoms with E-state index in [4.69, 9.17) is 4.52 Å². The zero-order valence-corrected chi connectivity index (χ0v) is 11.0. The molecule has 1 saturated heterocycles. The van der Waals surface area contributed by atoms with Crippen LogP contribution in [0, 0.1) is 0 Å². The summed E-state index contributed by atoms with van der Waals surface area (Å²) in [5, 5.41) is 7.52. The molecule has 1 fully saturated rings. The highest BCUT2D eigenvalue weighted by Crippen LogP contribution is 2.34. The number of hydrogen-bond acceptors (Lipinski definition) is 6. The summed E-state index contributed by atoms with van der Waals surface area (Å²) < 4.78 is 5.46. The molecule has 0 aromatic carbocycles. The average molecular weight is 259 g/mol. The van der Waals surface area contributed by atoms with E-state index >= 15 is 0 Å². The third-order valence-electron chi connectivity index (χ3n) is 3.52. The Morgan fingerprint density at radius 2 is 2.16 bits per heavy atom. The van der Waals surface area contributed by atoms with Crippen LogP contribution in [0.15, 0.2) is 23.0 Å². The molecule has 1 aliphatic rings. The second-order valence-electron chi connectivity index (χ2n) is 4.86. The predicted octanol–water partition coefficient (Wildman–Crippen LogP) is 1.91. The van der Waals surface area contributed by atoms with E-state index in [1.165, 1.54) is 0 Å². The Hall–Kier alpha value is -1.82. The van der Waals surface area contributed by atoms with Crippen molar-refractivity contribution in [3.8, 4) is 11.6 Å². The van der Waals surface area contributed by atoms with Crippen LogP contribution in [0.3, 0.4) is 0 Å². The van der Waals surface area contributed by atoms with E-state index in [0.29, 0.717) is 17.5 Å². The Kier molecular flexibility index (Phi) is 3.25. The molecule has 3 rings (SSSR count). The molecule has 1 atom stereocenters. The van der Waals surface area contributed by atoms with E-state index in [-0.39, 0.29) is 5.54 Å². The number of nitrogens with zero attached hydrogens (tertiary/aromatic N) is 4. The molecule has 3 heterocycles. The van der Waals surface area contributed by atoms with Crippen LogP contribution in [0.25, 0.3) is 11.6 Å². The minimum Gasteiger partial charge on any atom is -0.337 e. The lowest BCUT2D eigenvalue weighted by Gasteiger charge is -2.24. The summed E-state index contributed by atoms with van der Waals surface area (Å²) in [7, 11) is 0. The maximum atomic E-state index is 5.46. The minimum atomic E-state index is -0.158.